The summed E-state index contributed by atoms with van der Waals surface area (Å²) in [4.78, 5) is 29.2. The Morgan fingerprint density at radius 3 is 2.96 bits per heavy atom. The first kappa shape index (κ1) is 20.3. The van der Waals surface area contributed by atoms with Gasteiger partial charge in [0.2, 0.25) is 5.91 Å². The molecular weight excluding hydrogens is 404 g/mol. The SMILES string of the molecule is O=C1/C(=C/c2cccc(Cl)c2)SC(=S)N1CC(=O)N1CCCC[C@@H]1CCO. The van der Waals surface area contributed by atoms with E-state index in [2.05, 4.69) is 0 Å². The number of aliphatic hydroxyl groups excluding tert-OH is 1. The van der Waals surface area contributed by atoms with E-state index in [1.807, 2.05) is 12.1 Å². The molecule has 1 atom stereocenters. The summed E-state index contributed by atoms with van der Waals surface area (Å²) in [5, 5.41) is 9.83. The van der Waals surface area contributed by atoms with Crippen LogP contribution >= 0.6 is 35.6 Å². The lowest BCUT2D eigenvalue weighted by atomic mass is 9.99. The third-order valence-electron chi connectivity index (χ3n) is 4.72. The van der Waals surface area contributed by atoms with Crippen LogP contribution in [0.25, 0.3) is 6.08 Å². The van der Waals surface area contributed by atoms with E-state index in [1.54, 1.807) is 23.1 Å². The average molecular weight is 425 g/mol. The number of hydrogen-bond donors (Lipinski definition) is 1. The Bertz CT molecular complexity index is 782. The van der Waals surface area contributed by atoms with Gasteiger partial charge in [-0.05, 0) is 49.5 Å². The summed E-state index contributed by atoms with van der Waals surface area (Å²) < 4.78 is 0.386. The molecule has 5 nitrogen and oxygen atoms in total. The standard InChI is InChI=1S/C19H21ClN2O3S2/c20-14-5-3-4-13(10-14)11-16-18(25)22(19(26)27-16)12-17(24)21-8-2-1-6-15(21)7-9-23/h3-5,10-11,15,23H,1-2,6-9,12H2/b16-11-/t15-/m1/s1. The second-order valence-electron chi connectivity index (χ2n) is 6.57. The predicted molar refractivity (Wildman–Crippen MR) is 112 cm³/mol. The molecule has 0 aliphatic carbocycles. The fourth-order valence-corrected chi connectivity index (χ4v) is 4.84. The van der Waals surface area contributed by atoms with Crippen molar-refractivity contribution < 1.29 is 14.7 Å². The predicted octanol–water partition coefficient (Wildman–Crippen LogP) is 3.30. The average Bonchev–Trinajstić information content (AvgIpc) is 2.90. The van der Waals surface area contributed by atoms with Crippen LogP contribution in [0.3, 0.4) is 0 Å². The van der Waals surface area contributed by atoms with Crippen LogP contribution in [-0.2, 0) is 9.59 Å². The first-order chi connectivity index (χ1) is 13.0. The number of hydrogen-bond acceptors (Lipinski definition) is 5. The summed E-state index contributed by atoms with van der Waals surface area (Å²) in [7, 11) is 0. The van der Waals surface area contributed by atoms with E-state index in [0.717, 1.165) is 24.8 Å². The van der Waals surface area contributed by atoms with Gasteiger partial charge in [0.25, 0.3) is 5.91 Å². The van der Waals surface area contributed by atoms with Crippen molar-refractivity contribution in [3.63, 3.8) is 0 Å². The Hall–Kier alpha value is -1.41. The second kappa shape index (κ2) is 9.19. The largest absolute Gasteiger partial charge is 0.396 e. The number of piperidine rings is 1. The van der Waals surface area contributed by atoms with Gasteiger partial charge < -0.3 is 10.0 Å². The number of halogens is 1. The molecule has 2 saturated heterocycles. The van der Waals surface area contributed by atoms with Crippen molar-refractivity contribution in [2.75, 3.05) is 19.7 Å². The second-order valence-corrected chi connectivity index (χ2v) is 8.68. The number of nitrogens with zero attached hydrogens (tertiary/aromatic N) is 2. The zero-order valence-electron chi connectivity index (χ0n) is 14.8. The Balaban J connectivity index is 1.70. The molecular formula is C19H21ClN2O3S2. The minimum absolute atomic E-state index is 0.0386. The molecule has 0 saturated carbocycles. The van der Waals surface area contributed by atoms with Gasteiger partial charge in [-0.1, -0.05) is 47.7 Å². The monoisotopic (exact) mass is 424 g/mol. The molecule has 2 heterocycles. The summed E-state index contributed by atoms with van der Waals surface area (Å²) in [6, 6.07) is 7.25. The maximum atomic E-state index is 12.8. The molecule has 0 bridgehead atoms. The van der Waals surface area contributed by atoms with Crippen LogP contribution in [0.2, 0.25) is 5.02 Å². The molecule has 3 rings (SSSR count). The first-order valence-corrected chi connectivity index (χ1v) is 10.5. The lowest BCUT2D eigenvalue weighted by molar-refractivity contribution is -0.138. The van der Waals surface area contributed by atoms with Crippen LogP contribution in [0.5, 0.6) is 0 Å². The zero-order valence-corrected chi connectivity index (χ0v) is 17.2. The molecule has 2 amide bonds. The maximum absolute atomic E-state index is 12.8. The lowest BCUT2D eigenvalue weighted by Gasteiger charge is -2.36. The molecule has 8 heteroatoms. The fraction of sp³-hybridized carbons (Fsp3) is 0.421. The third-order valence-corrected chi connectivity index (χ3v) is 6.34. The van der Waals surface area contributed by atoms with Crippen LogP contribution in [-0.4, -0.2) is 56.8 Å². The van der Waals surface area contributed by atoms with Crippen LogP contribution in [0, 0.1) is 0 Å². The van der Waals surface area contributed by atoms with Gasteiger partial charge in [0.05, 0.1) is 4.91 Å². The Morgan fingerprint density at radius 1 is 1.41 bits per heavy atom. The summed E-state index contributed by atoms with van der Waals surface area (Å²) in [5.74, 6) is -0.373. The number of benzene rings is 1. The molecule has 1 aromatic rings. The minimum atomic E-state index is -0.256. The summed E-state index contributed by atoms with van der Waals surface area (Å²) in [5.41, 5.74) is 0.813. The van der Waals surface area contributed by atoms with E-state index in [1.165, 1.54) is 16.7 Å². The Labute approximate surface area is 173 Å². The minimum Gasteiger partial charge on any atom is -0.396 e. The van der Waals surface area contributed by atoms with Gasteiger partial charge in [0.15, 0.2) is 0 Å². The summed E-state index contributed by atoms with van der Waals surface area (Å²) >= 11 is 12.5. The Kier molecular flexibility index (Phi) is 6.92. The smallest absolute Gasteiger partial charge is 0.266 e. The number of aliphatic hydroxyl groups is 1. The van der Waals surface area contributed by atoms with E-state index >= 15 is 0 Å². The molecule has 1 N–H and O–H groups in total. The zero-order chi connectivity index (χ0) is 19.4. The molecule has 0 radical (unpaired) electrons. The quantitative estimate of drug-likeness (QED) is 0.580. The van der Waals surface area contributed by atoms with E-state index in [9.17, 15) is 14.7 Å². The molecule has 144 valence electrons. The number of thioether (sulfide) groups is 1. The van der Waals surface area contributed by atoms with Crippen LogP contribution < -0.4 is 0 Å². The van der Waals surface area contributed by atoms with Crippen molar-refractivity contribution in [3.05, 3.63) is 39.8 Å². The molecule has 1 aromatic carbocycles. The van der Waals surface area contributed by atoms with Crippen LogP contribution in [0.15, 0.2) is 29.2 Å². The normalized spacial score (nSPS) is 22.0. The molecule has 0 unspecified atom stereocenters. The highest BCUT2D eigenvalue weighted by Gasteiger charge is 2.36. The topological polar surface area (TPSA) is 60.9 Å². The lowest BCUT2D eigenvalue weighted by Crippen LogP contribution is -2.49. The van der Waals surface area contributed by atoms with Gasteiger partial charge in [-0.25, -0.2) is 0 Å². The third kappa shape index (κ3) is 4.90. The molecule has 2 aliphatic rings. The van der Waals surface area contributed by atoms with Crippen molar-refractivity contribution >= 4 is 57.8 Å². The molecule has 2 aliphatic heterocycles. The van der Waals surface area contributed by atoms with Crippen LogP contribution in [0.4, 0.5) is 0 Å². The highest BCUT2D eigenvalue weighted by atomic mass is 35.5. The number of amides is 2. The number of carbonyl (C=O) groups is 2. The highest BCUT2D eigenvalue weighted by molar-refractivity contribution is 8.26. The number of thiocarbonyl (C=S) groups is 1. The Morgan fingerprint density at radius 2 is 2.22 bits per heavy atom. The van der Waals surface area contributed by atoms with Gasteiger partial charge >= 0.3 is 0 Å². The van der Waals surface area contributed by atoms with E-state index < -0.39 is 0 Å². The molecule has 0 spiro atoms. The maximum Gasteiger partial charge on any atom is 0.266 e. The summed E-state index contributed by atoms with van der Waals surface area (Å²) in [6.07, 6.45) is 5.20. The van der Waals surface area contributed by atoms with Crippen molar-refractivity contribution in [1.29, 1.82) is 0 Å². The molecule has 2 fully saturated rings. The molecule has 27 heavy (non-hydrogen) atoms. The highest BCUT2D eigenvalue weighted by Crippen LogP contribution is 2.33. The van der Waals surface area contributed by atoms with Crippen molar-refractivity contribution in [3.8, 4) is 0 Å². The van der Waals surface area contributed by atoms with Gasteiger partial charge in [0, 0.05) is 24.2 Å². The number of likely N-dealkylation sites (tertiary alicyclic amines) is 1. The van der Waals surface area contributed by atoms with Gasteiger partial charge in [0.1, 0.15) is 10.9 Å². The van der Waals surface area contributed by atoms with Crippen molar-refractivity contribution in [1.82, 2.24) is 9.80 Å². The van der Waals surface area contributed by atoms with E-state index in [-0.39, 0.29) is 31.0 Å². The van der Waals surface area contributed by atoms with E-state index in [0.29, 0.717) is 27.2 Å². The summed E-state index contributed by atoms with van der Waals surface area (Å²) in [6.45, 7) is 0.661. The van der Waals surface area contributed by atoms with Crippen LogP contribution in [0.1, 0.15) is 31.2 Å². The van der Waals surface area contributed by atoms with Gasteiger partial charge in [-0.3, -0.25) is 14.5 Å². The van der Waals surface area contributed by atoms with Crippen molar-refractivity contribution in [2.24, 2.45) is 0 Å². The number of rotatable bonds is 5. The molecule has 0 aromatic heterocycles. The van der Waals surface area contributed by atoms with Gasteiger partial charge in [-0.15, -0.1) is 0 Å². The van der Waals surface area contributed by atoms with Gasteiger partial charge in [-0.2, -0.15) is 0 Å². The number of carbonyl (C=O) groups excluding carboxylic acids is 2. The van der Waals surface area contributed by atoms with Crippen molar-refractivity contribution in [2.45, 2.75) is 31.7 Å². The van der Waals surface area contributed by atoms with E-state index in [4.69, 9.17) is 23.8 Å². The fourth-order valence-electron chi connectivity index (χ4n) is 3.39. The first-order valence-electron chi connectivity index (χ1n) is 8.91.